The molecule has 5 aromatic rings. The first-order valence-corrected chi connectivity index (χ1v) is 16.5. The maximum atomic E-state index is 13.6. The maximum absolute atomic E-state index is 13.6. The molecule has 0 bridgehead atoms. The Bertz CT molecular complexity index is 1870. The van der Waals surface area contributed by atoms with Crippen molar-refractivity contribution in [3.8, 4) is 17.0 Å². The van der Waals surface area contributed by atoms with Crippen LogP contribution in [0.15, 0.2) is 101 Å². The van der Waals surface area contributed by atoms with Crippen molar-refractivity contribution in [1.29, 1.82) is 0 Å². The van der Waals surface area contributed by atoms with Gasteiger partial charge in [-0.25, -0.2) is 8.42 Å². The number of pyridine rings is 1. The Hall–Kier alpha value is -3.42. The van der Waals surface area contributed by atoms with Crippen molar-refractivity contribution >= 4 is 43.2 Å². The minimum atomic E-state index is -4.88. The lowest BCUT2D eigenvalue weighted by molar-refractivity contribution is -0.258. The number of sulfonamides is 1. The van der Waals surface area contributed by atoms with Gasteiger partial charge in [0.2, 0.25) is 10.0 Å². The Kier molecular flexibility index (Phi) is 8.61. The number of alkyl halides is 3. The summed E-state index contributed by atoms with van der Waals surface area (Å²) in [5.74, 6) is 0.523. The summed E-state index contributed by atoms with van der Waals surface area (Å²) in [5.41, 5.74) is -1.84. The zero-order valence-corrected chi connectivity index (χ0v) is 25.7. The molecule has 6 nitrogen and oxygen atoms in total. The van der Waals surface area contributed by atoms with Crippen LogP contribution in [0.2, 0.25) is 0 Å². The van der Waals surface area contributed by atoms with Gasteiger partial charge in [-0.15, -0.1) is 23.1 Å². The average molecular weight is 645 g/mol. The van der Waals surface area contributed by atoms with Gasteiger partial charge in [-0.2, -0.15) is 17.9 Å². The summed E-state index contributed by atoms with van der Waals surface area (Å²) >= 11 is 2.81. The highest BCUT2D eigenvalue weighted by Crippen LogP contribution is 2.43. The molecule has 224 valence electrons. The normalized spacial score (nSPS) is 14.4. The van der Waals surface area contributed by atoms with E-state index >= 15 is 0 Å². The molecule has 0 spiro atoms. The first-order chi connectivity index (χ1) is 20.4. The van der Waals surface area contributed by atoms with Crippen LogP contribution in [0.4, 0.5) is 13.2 Å². The zero-order chi connectivity index (χ0) is 31.0. The third kappa shape index (κ3) is 6.16. The lowest BCUT2D eigenvalue weighted by Crippen LogP contribution is -2.39. The molecule has 2 atom stereocenters. The largest absolute Gasteiger partial charge is 0.497 e. The van der Waals surface area contributed by atoms with E-state index in [9.17, 15) is 26.7 Å². The number of nitrogens with zero attached hydrogens (tertiary/aromatic N) is 1. The Balaban J connectivity index is 1.63. The van der Waals surface area contributed by atoms with Crippen LogP contribution in [-0.2, 0) is 15.6 Å². The molecule has 2 unspecified atom stereocenters. The molecule has 3 aromatic carbocycles. The predicted molar refractivity (Wildman–Crippen MR) is 164 cm³/mol. The minimum absolute atomic E-state index is 0.0689. The van der Waals surface area contributed by atoms with Crippen molar-refractivity contribution in [2.75, 3.05) is 13.4 Å². The Morgan fingerprint density at radius 1 is 1.00 bits per heavy atom. The maximum Gasteiger partial charge on any atom is 0.421 e. The molecule has 2 aromatic heterocycles. The molecular formula is C31H27F3N2O4S3. The van der Waals surface area contributed by atoms with E-state index in [2.05, 4.69) is 9.71 Å². The molecule has 0 saturated carbocycles. The van der Waals surface area contributed by atoms with E-state index < -0.39 is 27.8 Å². The van der Waals surface area contributed by atoms with Gasteiger partial charge >= 0.3 is 6.18 Å². The summed E-state index contributed by atoms with van der Waals surface area (Å²) in [6.45, 7) is 0.707. The summed E-state index contributed by atoms with van der Waals surface area (Å²) in [7, 11) is -2.50. The highest BCUT2D eigenvalue weighted by molar-refractivity contribution is 7.98. The van der Waals surface area contributed by atoms with Crippen molar-refractivity contribution in [3.63, 3.8) is 0 Å². The predicted octanol–water partition coefficient (Wildman–Crippen LogP) is 7.53. The molecule has 12 heteroatoms. The topological polar surface area (TPSA) is 88.5 Å². The van der Waals surface area contributed by atoms with Gasteiger partial charge in [-0.1, -0.05) is 36.4 Å². The van der Waals surface area contributed by atoms with E-state index in [1.165, 1.54) is 54.6 Å². The molecule has 0 aliphatic carbocycles. The van der Waals surface area contributed by atoms with Gasteiger partial charge in [0.25, 0.3) is 0 Å². The lowest BCUT2D eigenvalue weighted by Gasteiger charge is -2.26. The second-order valence-electron chi connectivity index (χ2n) is 9.84. The Labute approximate surface area is 255 Å². The molecule has 5 rings (SSSR count). The first kappa shape index (κ1) is 31.0. The quantitative estimate of drug-likeness (QED) is 0.161. The van der Waals surface area contributed by atoms with Gasteiger partial charge in [0.05, 0.1) is 23.7 Å². The number of thioether (sulfide) groups is 1. The summed E-state index contributed by atoms with van der Waals surface area (Å²) in [6, 6.07) is 22.4. The van der Waals surface area contributed by atoms with Gasteiger partial charge in [-0.05, 0) is 78.2 Å². The van der Waals surface area contributed by atoms with Crippen LogP contribution in [0, 0.1) is 0 Å². The number of aromatic nitrogens is 1. The van der Waals surface area contributed by atoms with Crippen molar-refractivity contribution in [1.82, 2.24) is 9.71 Å². The van der Waals surface area contributed by atoms with Gasteiger partial charge in [-0.3, -0.25) is 4.98 Å². The van der Waals surface area contributed by atoms with E-state index in [1.807, 2.05) is 42.7 Å². The highest BCUT2D eigenvalue weighted by atomic mass is 32.2. The van der Waals surface area contributed by atoms with E-state index in [0.717, 1.165) is 21.9 Å². The SMILES string of the molecule is COc1ccc(S(=O)(=O)NC(c2cc3cccc(-c4cc(C(C)(O)C(F)(F)F)ccn4)c3s2)c2ccccc2SC)cc1. The second-order valence-corrected chi connectivity index (χ2v) is 13.5. The second kappa shape index (κ2) is 11.9. The smallest absolute Gasteiger partial charge is 0.421 e. The summed E-state index contributed by atoms with van der Waals surface area (Å²) in [5, 5.41) is 11.0. The van der Waals surface area contributed by atoms with Crippen LogP contribution in [0.1, 0.15) is 29.0 Å². The van der Waals surface area contributed by atoms with Gasteiger partial charge < -0.3 is 9.84 Å². The molecular weight excluding hydrogens is 618 g/mol. The number of nitrogens with one attached hydrogen (secondary N) is 1. The lowest BCUT2D eigenvalue weighted by atomic mass is 9.94. The first-order valence-electron chi connectivity index (χ1n) is 12.9. The van der Waals surface area contributed by atoms with Gasteiger partial charge in [0, 0.05) is 26.2 Å². The van der Waals surface area contributed by atoms with Gasteiger partial charge in [0.1, 0.15) is 5.75 Å². The molecule has 0 aliphatic heterocycles. The molecule has 43 heavy (non-hydrogen) atoms. The fourth-order valence-corrected chi connectivity index (χ4v) is 7.79. The van der Waals surface area contributed by atoms with Crippen LogP contribution >= 0.6 is 23.1 Å². The van der Waals surface area contributed by atoms with E-state index in [-0.39, 0.29) is 16.2 Å². The van der Waals surface area contributed by atoms with Gasteiger partial charge in [0.15, 0.2) is 5.60 Å². The highest BCUT2D eigenvalue weighted by Gasteiger charge is 2.51. The Morgan fingerprint density at radius 2 is 1.72 bits per heavy atom. The van der Waals surface area contributed by atoms with Crippen LogP contribution in [0.3, 0.4) is 0 Å². The molecule has 0 fully saturated rings. The van der Waals surface area contributed by atoms with E-state index in [1.54, 1.807) is 24.3 Å². The van der Waals surface area contributed by atoms with Crippen molar-refractivity contribution < 1.29 is 31.4 Å². The minimum Gasteiger partial charge on any atom is -0.497 e. The molecule has 2 heterocycles. The van der Waals surface area contributed by atoms with Crippen LogP contribution in [-0.4, -0.2) is 38.1 Å². The number of fused-ring (bicyclic) bond motifs is 1. The Morgan fingerprint density at radius 3 is 2.40 bits per heavy atom. The molecule has 0 radical (unpaired) electrons. The average Bonchev–Trinajstić information content (AvgIpc) is 3.44. The molecule has 0 amide bonds. The van der Waals surface area contributed by atoms with Crippen LogP contribution in [0.5, 0.6) is 5.75 Å². The third-order valence-electron chi connectivity index (χ3n) is 7.09. The zero-order valence-electron chi connectivity index (χ0n) is 23.2. The van der Waals surface area contributed by atoms with Crippen molar-refractivity contribution in [3.05, 3.63) is 107 Å². The van der Waals surface area contributed by atoms with Crippen molar-refractivity contribution in [2.24, 2.45) is 0 Å². The third-order valence-corrected chi connectivity index (χ3v) is 10.6. The number of ether oxygens (including phenoxy) is 1. The number of hydrogen-bond donors (Lipinski definition) is 2. The number of hydrogen-bond acceptors (Lipinski definition) is 7. The summed E-state index contributed by atoms with van der Waals surface area (Å²) in [4.78, 5) is 5.94. The number of methoxy groups -OCH3 is 1. The fourth-order valence-electron chi connectivity index (χ4n) is 4.63. The number of benzene rings is 3. The fraction of sp³-hybridized carbons (Fsp3) is 0.194. The van der Waals surface area contributed by atoms with E-state index in [4.69, 9.17) is 4.74 Å². The molecule has 0 saturated heterocycles. The van der Waals surface area contributed by atoms with Crippen LogP contribution < -0.4 is 9.46 Å². The number of halogens is 3. The van der Waals surface area contributed by atoms with Crippen LogP contribution in [0.25, 0.3) is 21.3 Å². The number of aliphatic hydroxyl groups is 1. The number of rotatable bonds is 9. The monoisotopic (exact) mass is 644 g/mol. The number of thiophene rings is 1. The van der Waals surface area contributed by atoms with E-state index in [0.29, 0.717) is 27.8 Å². The standard InChI is InChI=1S/C31H27F3N2O4S3/c1-30(37,31(32,33)34)20-15-16-35-25(18-20)23-9-6-7-19-17-27(42-29(19)23)28(24-8-4-5-10-26(24)41-3)36-43(38,39)22-13-11-21(40-2)12-14-22/h4-18,28,36-37H,1-3H3. The van der Waals surface area contributed by atoms with Crippen molar-refractivity contribution in [2.45, 2.75) is 34.5 Å². The summed E-state index contributed by atoms with van der Waals surface area (Å²) < 4.78 is 76.8. The molecule has 0 aliphatic rings. The molecule has 2 N–H and O–H groups in total. The summed E-state index contributed by atoms with van der Waals surface area (Å²) in [6.07, 6.45) is -1.74.